The standard InChI is InChI=1S/C23H21ClNO2P/c1-23(20-15-17(24)13-14-21(20)25(2)22(23)26)16-28(27,18-9-5-3-6-10-18)19-11-7-4-8-12-19/h3-15H,16H2,1-2H3. The number of hydrogen-bond donors (Lipinski definition) is 0. The van der Waals surface area contributed by atoms with Crippen molar-refractivity contribution in [1.29, 1.82) is 0 Å². The largest absolute Gasteiger partial charge is 0.314 e. The van der Waals surface area contributed by atoms with Gasteiger partial charge in [0.1, 0.15) is 7.14 Å². The Bertz CT molecular complexity index is 1040. The molecule has 5 heteroatoms. The fourth-order valence-corrected chi connectivity index (χ4v) is 7.44. The number of likely N-dealkylation sites (N-methyl/N-ethyl adjacent to an activating group) is 1. The second-order valence-electron chi connectivity index (χ2n) is 7.43. The van der Waals surface area contributed by atoms with Crippen LogP contribution in [0.4, 0.5) is 5.69 Å². The summed E-state index contributed by atoms with van der Waals surface area (Å²) in [7, 11) is -1.30. The van der Waals surface area contributed by atoms with Crippen LogP contribution in [0.1, 0.15) is 12.5 Å². The fourth-order valence-electron chi connectivity index (χ4n) is 4.10. The molecule has 3 aromatic rings. The molecule has 1 heterocycles. The fraction of sp³-hybridized carbons (Fsp3) is 0.174. The topological polar surface area (TPSA) is 37.4 Å². The molecule has 1 atom stereocenters. The van der Waals surface area contributed by atoms with Crippen LogP contribution in [0.15, 0.2) is 78.9 Å². The van der Waals surface area contributed by atoms with Gasteiger partial charge in [-0.1, -0.05) is 72.3 Å². The van der Waals surface area contributed by atoms with Crippen LogP contribution in [0, 0.1) is 0 Å². The lowest BCUT2D eigenvalue weighted by Crippen LogP contribution is -2.41. The van der Waals surface area contributed by atoms with E-state index in [2.05, 4.69) is 0 Å². The second-order valence-corrected chi connectivity index (χ2v) is 10.7. The number of hydrogen-bond acceptors (Lipinski definition) is 2. The summed E-state index contributed by atoms with van der Waals surface area (Å²) in [4.78, 5) is 14.9. The Morgan fingerprint density at radius 3 is 2.00 bits per heavy atom. The van der Waals surface area contributed by atoms with Gasteiger partial charge in [-0.3, -0.25) is 4.79 Å². The molecule has 0 bridgehead atoms. The van der Waals surface area contributed by atoms with Crippen LogP contribution in [0.25, 0.3) is 0 Å². The molecule has 3 aromatic carbocycles. The average molecular weight is 410 g/mol. The van der Waals surface area contributed by atoms with Crippen LogP contribution >= 0.6 is 18.7 Å². The first kappa shape index (κ1) is 19.0. The van der Waals surface area contributed by atoms with Crippen molar-refractivity contribution in [3.63, 3.8) is 0 Å². The number of rotatable bonds is 4. The molecule has 1 aliphatic heterocycles. The maximum Gasteiger partial charge on any atom is 0.237 e. The third-order valence-electron chi connectivity index (χ3n) is 5.58. The SMILES string of the molecule is CN1C(=O)C(C)(CP(=O)(c2ccccc2)c2ccccc2)c2cc(Cl)ccc21. The summed E-state index contributed by atoms with van der Waals surface area (Å²) in [6.07, 6.45) is 0.213. The van der Waals surface area contributed by atoms with Gasteiger partial charge in [0.15, 0.2) is 0 Å². The number of amides is 1. The number of carbonyl (C=O) groups excluding carboxylic acids is 1. The number of carbonyl (C=O) groups is 1. The first-order valence-electron chi connectivity index (χ1n) is 9.15. The Balaban J connectivity index is 1.90. The molecule has 0 radical (unpaired) electrons. The van der Waals surface area contributed by atoms with Crippen LogP contribution in [-0.2, 0) is 14.8 Å². The zero-order chi connectivity index (χ0) is 19.9. The van der Waals surface area contributed by atoms with Crippen LogP contribution in [0.3, 0.4) is 0 Å². The first-order valence-corrected chi connectivity index (χ1v) is 11.4. The Morgan fingerprint density at radius 2 is 1.46 bits per heavy atom. The average Bonchev–Trinajstić information content (AvgIpc) is 2.90. The Morgan fingerprint density at radius 1 is 0.929 bits per heavy atom. The molecule has 0 N–H and O–H groups in total. The van der Waals surface area contributed by atoms with E-state index in [1.165, 1.54) is 0 Å². The van der Waals surface area contributed by atoms with Crippen molar-refractivity contribution < 1.29 is 9.36 Å². The summed E-state index contributed by atoms with van der Waals surface area (Å²) in [5.41, 5.74) is 0.736. The molecule has 1 unspecified atom stereocenters. The quantitative estimate of drug-likeness (QED) is 0.591. The van der Waals surface area contributed by atoms with Gasteiger partial charge in [-0.15, -0.1) is 0 Å². The maximum absolute atomic E-state index is 14.5. The van der Waals surface area contributed by atoms with Gasteiger partial charge in [0.25, 0.3) is 0 Å². The van der Waals surface area contributed by atoms with E-state index in [0.29, 0.717) is 5.02 Å². The van der Waals surface area contributed by atoms with Crippen molar-refractivity contribution in [1.82, 2.24) is 0 Å². The zero-order valence-electron chi connectivity index (χ0n) is 15.8. The van der Waals surface area contributed by atoms with E-state index in [1.807, 2.05) is 79.7 Å². The lowest BCUT2D eigenvalue weighted by atomic mass is 9.86. The summed E-state index contributed by atoms with van der Waals surface area (Å²) in [5, 5.41) is 2.09. The number of halogens is 1. The molecule has 1 amide bonds. The molecule has 1 aliphatic rings. The van der Waals surface area contributed by atoms with E-state index in [4.69, 9.17) is 11.6 Å². The minimum atomic E-state index is -3.06. The Kier molecular flexibility index (Phi) is 4.69. The van der Waals surface area contributed by atoms with Gasteiger partial charge >= 0.3 is 0 Å². The van der Waals surface area contributed by atoms with Crippen molar-refractivity contribution in [2.24, 2.45) is 0 Å². The highest BCUT2D eigenvalue weighted by atomic mass is 35.5. The molecule has 3 nitrogen and oxygen atoms in total. The lowest BCUT2D eigenvalue weighted by Gasteiger charge is -2.30. The van der Waals surface area contributed by atoms with Gasteiger partial charge < -0.3 is 9.46 Å². The van der Waals surface area contributed by atoms with Crippen LogP contribution in [0.2, 0.25) is 5.02 Å². The van der Waals surface area contributed by atoms with Crippen molar-refractivity contribution in [2.45, 2.75) is 12.3 Å². The normalized spacial score (nSPS) is 19.0. The summed E-state index contributed by atoms with van der Waals surface area (Å²) in [5.74, 6) is -0.0585. The molecule has 0 fully saturated rings. The van der Waals surface area contributed by atoms with Gasteiger partial charge in [0.05, 0.1) is 5.41 Å². The summed E-state index contributed by atoms with van der Waals surface area (Å²) in [6, 6.07) is 24.4. The number of benzene rings is 3. The van der Waals surface area contributed by atoms with Crippen LogP contribution in [-0.4, -0.2) is 19.1 Å². The van der Waals surface area contributed by atoms with Crippen LogP contribution in [0.5, 0.6) is 0 Å². The van der Waals surface area contributed by atoms with Gasteiger partial charge in [0.2, 0.25) is 5.91 Å². The van der Waals surface area contributed by atoms with E-state index in [-0.39, 0.29) is 12.1 Å². The van der Waals surface area contributed by atoms with Crippen LogP contribution < -0.4 is 15.5 Å². The van der Waals surface area contributed by atoms with E-state index >= 15 is 0 Å². The monoisotopic (exact) mass is 409 g/mol. The van der Waals surface area contributed by atoms with E-state index in [9.17, 15) is 9.36 Å². The molecule has 0 saturated carbocycles. The predicted molar refractivity (Wildman–Crippen MR) is 117 cm³/mol. The molecule has 142 valence electrons. The van der Waals surface area contributed by atoms with Gasteiger partial charge in [-0.2, -0.15) is 0 Å². The molecule has 28 heavy (non-hydrogen) atoms. The summed E-state index contributed by atoms with van der Waals surface area (Å²) < 4.78 is 14.5. The number of fused-ring (bicyclic) bond motifs is 1. The number of nitrogens with zero attached hydrogens (tertiary/aromatic N) is 1. The van der Waals surface area contributed by atoms with Gasteiger partial charge in [-0.25, -0.2) is 0 Å². The Labute approximate surface area is 170 Å². The molecule has 0 spiro atoms. The minimum absolute atomic E-state index is 0.0585. The van der Waals surface area contributed by atoms with Gasteiger partial charge in [-0.05, 0) is 30.7 Å². The van der Waals surface area contributed by atoms with Crippen molar-refractivity contribution in [3.05, 3.63) is 89.4 Å². The van der Waals surface area contributed by atoms with Crippen molar-refractivity contribution >= 4 is 40.9 Å². The maximum atomic E-state index is 14.5. The molecular formula is C23H21ClNO2P. The molecule has 0 saturated heterocycles. The molecular weight excluding hydrogens is 389 g/mol. The van der Waals surface area contributed by atoms with E-state index in [1.54, 1.807) is 18.0 Å². The van der Waals surface area contributed by atoms with Gasteiger partial charge in [0, 0.05) is 34.5 Å². The van der Waals surface area contributed by atoms with E-state index < -0.39 is 12.6 Å². The summed E-state index contributed by atoms with van der Waals surface area (Å²) >= 11 is 6.25. The predicted octanol–water partition coefficient (Wildman–Crippen LogP) is 4.59. The lowest BCUT2D eigenvalue weighted by molar-refractivity contribution is -0.121. The molecule has 0 aromatic heterocycles. The number of anilines is 1. The third kappa shape index (κ3) is 2.90. The van der Waals surface area contributed by atoms with E-state index in [0.717, 1.165) is 21.9 Å². The highest BCUT2D eigenvalue weighted by molar-refractivity contribution is 7.78. The first-order chi connectivity index (χ1) is 13.4. The van der Waals surface area contributed by atoms with Crippen molar-refractivity contribution in [2.75, 3.05) is 18.1 Å². The zero-order valence-corrected chi connectivity index (χ0v) is 17.5. The minimum Gasteiger partial charge on any atom is -0.314 e. The van der Waals surface area contributed by atoms with Crippen molar-refractivity contribution in [3.8, 4) is 0 Å². The highest BCUT2D eigenvalue weighted by Gasteiger charge is 2.50. The summed E-state index contributed by atoms with van der Waals surface area (Å²) in [6.45, 7) is 1.88. The molecule has 4 rings (SSSR count). The highest BCUT2D eigenvalue weighted by Crippen LogP contribution is 2.53. The smallest absolute Gasteiger partial charge is 0.237 e. The third-order valence-corrected chi connectivity index (χ3v) is 9.15. The Hall–Kier alpha value is -2.35. The second kappa shape index (κ2) is 6.92. The molecule has 0 aliphatic carbocycles.